The van der Waals surface area contributed by atoms with Crippen LogP contribution < -0.4 is 0 Å². The molecule has 7 nitrogen and oxygen atoms in total. The average Bonchev–Trinajstić information content (AvgIpc) is 3.56. The summed E-state index contributed by atoms with van der Waals surface area (Å²) in [6.07, 6.45) is 1.67. The van der Waals surface area contributed by atoms with Crippen molar-refractivity contribution in [1.82, 2.24) is 25.0 Å². The van der Waals surface area contributed by atoms with Gasteiger partial charge in [0.15, 0.2) is 11.0 Å². The molecule has 5 aromatic rings. The van der Waals surface area contributed by atoms with E-state index in [1.165, 1.54) is 11.8 Å². The van der Waals surface area contributed by atoms with E-state index in [0.29, 0.717) is 24.1 Å². The zero-order chi connectivity index (χ0) is 21.2. The van der Waals surface area contributed by atoms with E-state index < -0.39 is 0 Å². The van der Waals surface area contributed by atoms with Gasteiger partial charge in [0.2, 0.25) is 5.89 Å². The molecule has 0 atom stereocenters. The second-order valence-electron chi connectivity index (χ2n) is 6.66. The van der Waals surface area contributed by atoms with Gasteiger partial charge in [0, 0.05) is 0 Å². The van der Waals surface area contributed by atoms with Crippen molar-refractivity contribution in [1.29, 1.82) is 0 Å². The molecule has 0 aliphatic carbocycles. The van der Waals surface area contributed by atoms with Gasteiger partial charge in [0.1, 0.15) is 5.76 Å². The quantitative estimate of drug-likeness (QED) is 0.244. The molecule has 1 aromatic carbocycles. The van der Waals surface area contributed by atoms with Crippen LogP contribution in [0.1, 0.15) is 17.2 Å². The van der Waals surface area contributed by atoms with Gasteiger partial charge in [-0.1, -0.05) is 42.1 Å². The van der Waals surface area contributed by atoms with E-state index in [-0.39, 0.29) is 0 Å². The molecule has 0 unspecified atom stereocenters. The van der Waals surface area contributed by atoms with Crippen molar-refractivity contribution in [2.45, 2.75) is 24.4 Å². The lowest BCUT2D eigenvalue weighted by Crippen LogP contribution is -2.04. The van der Waals surface area contributed by atoms with Gasteiger partial charge in [-0.05, 0) is 46.6 Å². The fourth-order valence-corrected chi connectivity index (χ4v) is 5.17. The number of nitrogens with zero attached hydrogens (tertiary/aromatic N) is 5. The second kappa shape index (κ2) is 8.81. The van der Waals surface area contributed by atoms with Crippen LogP contribution in [0.25, 0.3) is 22.2 Å². The molecule has 10 heteroatoms. The molecule has 0 N–H and O–H groups in total. The van der Waals surface area contributed by atoms with Crippen molar-refractivity contribution >= 4 is 39.0 Å². The molecule has 31 heavy (non-hydrogen) atoms. The highest BCUT2D eigenvalue weighted by atomic mass is 79.9. The van der Waals surface area contributed by atoms with Crippen LogP contribution in [-0.4, -0.2) is 25.0 Å². The van der Waals surface area contributed by atoms with Crippen molar-refractivity contribution in [2.24, 2.45) is 0 Å². The minimum Gasteiger partial charge on any atom is -0.469 e. The van der Waals surface area contributed by atoms with Crippen LogP contribution in [0.3, 0.4) is 0 Å². The van der Waals surface area contributed by atoms with Gasteiger partial charge in [-0.15, -0.1) is 31.7 Å². The molecule has 4 aromatic heterocycles. The Labute approximate surface area is 194 Å². The third-order valence-electron chi connectivity index (χ3n) is 4.58. The standard InChI is InChI=1S/C21H16BrN5O2S2/c1-13-15(9-10-28-13)19-24-26-21(27(19)11-14-5-3-2-4-6-14)30-12-18-23-25-20(29-18)16-7-8-17(22)31-16/h2-10H,11-12H2,1H3. The van der Waals surface area contributed by atoms with Crippen molar-refractivity contribution in [2.75, 3.05) is 0 Å². The smallest absolute Gasteiger partial charge is 0.257 e. The summed E-state index contributed by atoms with van der Waals surface area (Å²) in [6.45, 7) is 2.57. The maximum absolute atomic E-state index is 5.84. The van der Waals surface area contributed by atoms with Crippen molar-refractivity contribution in [3.63, 3.8) is 0 Å². The molecule has 0 radical (unpaired) electrons. The van der Waals surface area contributed by atoms with Crippen LogP contribution in [0.4, 0.5) is 0 Å². The highest BCUT2D eigenvalue weighted by molar-refractivity contribution is 9.11. The minimum atomic E-state index is 0.497. The summed E-state index contributed by atoms with van der Waals surface area (Å²) >= 11 is 6.52. The molecule has 0 fully saturated rings. The van der Waals surface area contributed by atoms with Crippen molar-refractivity contribution in [3.8, 4) is 22.2 Å². The zero-order valence-electron chi connectivity index (χ0n) is 16.4. The fourth-order valence-electron chi connectivity index (χ4n) is 3.09. The molecule has 0 amide bonds. The Morgan fingerprint density at radius 1 is 1.03 bits per heavy atom. The first-order valence-corrected chi connectivity index (χ1v) is 12.0. The van der Waals surface area contributed by atoms with Gasteiger partial charge in [-0.25, -0.2) is 0 Å². The number of halogens is 1. The highest BCUT2D eigenvalue weighted by Crippen LogP contribution is 2.32. The Balaban J connectivity index is 1.40. The first-order valence-electron chi connectivity index (χ1n) is 9.40. The SMILES string of the molecule is Cc1occc1-c1nnc(SCc2nnc(-c3ccc(Br)s3)o2)n1Cc1ccccc1. The topological polar surface area (TPSA) is 82.8 Å². The van der Waals surface area contributed by atoms with Gasteiger partial charge in [-0.3, -0.25) is 4.57 Å². The van der Waals surface area contributed by atoms with Crippen LogP contribution in [-0.2, 0) is 12.3 Å². The first-order chi connectivity index (χ1) is 15.2. The number of rotatable bonds is 7. The van der Waals surface area contributed by atoms with Crippen LogP contribution in [0.5, 0.6) is 0 Å². The van der Waals surface area contributed by atoms with E-state index >= 15 is 0 Å². The third kappa shape index (κ3) is 4.36. The molecule has 0 saturated heterocycles. The predicted molar refractivity (Wildman–Crippen MR) is 123 cm³/mol. The molecule has 0 bridgehead atoms. The average molecular weight is 514 g/mol. The largest absolute Gasteiger partial charge is 0.469 e. The van der Waals surface area contributed by atoms with E-state index in [4.69, 9.17) is 8.83 Å². The van der Waals surface area contributed by atoms with Gasteiger partial charge < -0.3 is 8.83 Å². The summed E-state index contributed by atoms with van der Waals surface area (Å²) in [5.41, 5.74) is 2.09. The number of thioether (sulfide) groups is 1. The van der Waals surface area contributed by atoms with Crippen molar-refractivity contribution < 1.29 is 8.83 Å². The molecular weight excluding hydrogens is 498 g/mol. The van der Waals surface area contributed by atoms with Gasteiger partial charge in [0.25, 0.3) is 5.89 Å². The number of thiophene rings is 1. The summed E-state index contributed by atoms with van der Waals surface area (Å²) in [5.74, 6) is 3.14. The summed E-state index contributed by atoms with van der Waals surface area (Å²) in [6, 6.07) is 16.1. The Bertz CT molecular complexity index is 1310. The number of furan rings is 1. The van der Waals surface area contributed by atoms with Gasteiger partial charge in [-0.2, -0.15) is 0 Å². The van der Waals surface area contributed by atoms with Crippen molar-refractivity contribution in [3.05, 3.63) is 75.8 Å². The molecular formula is C21H16BrN5O2S2. The minimum absolute atomic E-state index is 0.497. The molecule has 0 spiro atoms. The Hall–Kier alpha value is -2.69. The Kier molecular flexibility index (Phi) is 5.75. The molecule has 0 aliphatic rings. The number of aromatic nitrogens is 5. The van der Waals surface area contributed by atoms with Crippen LogP contribution >= 0.6 is 39.0 Å². The lowest BCUT2D eigenvalue weighted by molar-refractivity contribution is 0.529. The number of aryl methyl sites for hydroxylation is 1. The predicted octanol–water partition coefficient (Wildman–Crippen LogP) is 6.06. The summed E-state index contributed by atoms with van der Waals surface area (Å²) in [4.78, 5) is 0.931. The van der Waals surface area contributed by atoms with Crippen LogP contribution in [0.15, 0.2) is 72.6 Å². The monoisotopic (exact) mass is 513 g/mol. The maximum atomic E-state index is 5.84. The van der Waals surface area contributed by atoms with E-state index in [0.717, 1.165) is 36.5 Å². The van der Waals surface area contributed by atoms with E-state index in [1.54, 1.807) is 17.6 Å². The summed E-state index contributed by atoms with van der Waals surface area (Å²) in [5, 5.41) is 18.0. The molecule has 0 saturated carbocycles. The molecule has 156 valence electrons. The van der Waals surface area contributed by atoms with E-state index in [2.05, 4.69) is 53.0 Å². The summed E-state index contributed by atoms with van der Waals surface area (Å²) in [7, 11) is 0. The number of hydrogen-bond donors (Lipinski definition) is 0. The normalized spacial score (nSPS) is 11.3. The lowest BCUT2D eigenvalue weighted by Gasteiger charge is -2.09. The van der Waals surface area contributed by atoms with Crippen LogP contribution in [0, 0.1) is 6.92 Å². The van der Waals surface area contributed by atoms with Crippen LogP contribution in [0.2, 0.25) is 0 Å². The lowest BCUT2D eigenvalue weighted by atomic mass is 10.2. The number of benzene rings is 1. The molecule has 0 aliphatic heterocycles. The van der Waals surface area contributed by atoms with E-state index in [9.17, 15) is 0 Å². The first kappa shape index (κ1) is 20.2. The van der Waals surface area contributed by atoms with Gasteiger partial charge in [0.05, 0.1) is 32.8 Å². The molecule has 4 heterocycles. The summed E-state index contributed by atoms with van der Waals surface area (Å²) < 4.78 is 14.4. The second-order valence-corrected chi connectivity index (χ2v) is 10.1. The number of hydrogen-bond acceptors (Lipinski definition) is 8. The van der Waals surface area contributed by atoms with E-state index in [1.807, 2.05) is 43.3 Å². The Morgan fingerprint density at radius 3 is 2.65 bits per heavy atom. The van der Waals surface area contributed by atoms with Gasteiger partial charge >= 0.3 is 0 Å². The third-order valence-corrected chi connectivity index (χ3v) is 7.14. The fraction of sp³-hybridized carbons (Fsp3) is 0.143. The maximum Gasteiger partial charge on any atom is 0.257 e. The Morgan fingerprint density at radius 2 is 1.90 bits per heavy atom. The zero-order valence-corrected chi connectivity index (χ0v) is 19.6. The molecule has 5 rings (SSSR count). The highest BCUT2D eigenvalue weighted by Gasteiger charge is 2.19.